The maximum Gasteiger partial charge on any atom is 0.205 e. The second kappa shape index (κ2) is 4.47. The molecule has 1 N–H and O–H groups in total. The fourth-order valence-corrected chi connectivity index (χ4v) is 2.40. The van der Waals surface area contributed by atoms with Gasteiger partial charge in [-0.3, -0.25) is 0 Å². The molecule has 14 heavy (non-hydrogen) atoms. The minimum Gasteiger partial charge on any atom is -0.351 e. The molecule has 4 nitrogen and oxygen atoms in total. The first-order valence-corrected chi connectivity index (χ1v) is 6.08. The lowest BCUT2D eigenvalue weighted by atomic mass is 10.2. The van der Waals surface area contributed by atoms with Crippen LogP contribution in [0, 0.1) is 0 Å². The number of thiazole rings is 1. The maximum atomic E-state index is 4.28. The van der Waals surface area contributed by atoms with Crippen molar-refractivity contribution in [3.8, 4) is 0 Å². The van der Waals surface area contributed by atoms with Crippen LogP contribution in [0.5, 0.6) is 0 Å². The number of hydrogen-bond donors (Lipinski definition) is 1. The Morgan fingerprint density at radius 2 is 2.43 bits per heavy atom. The van der Waals surface area contributed by atoms with Crippen molar-refractivity contribution in [3.63, 3.8) is 0 Å². The van der Waals surface area contributed by atoms with Gasteiger partial charge >= 0.3 is 0 Å². The minimum atomic E-state index is 0.253. The molecular formula is C8H10N4S2. The van der Waals surface area contributed by atoms with Crippen LogP contribution in [-0.4, -0.2) is 15.2 Å². The molecule has 0 aliphatic rings. The Hall–Kier alpha value is -1.01. The van der Waals surface area contributed by atoms with E-state index in [9.17, 15) is 0 Å². The van der Waals surface area contributed by atoms with Crippen molar-refractivity contribution in [2.45, 2.75) is 19.4 Å². The number of aromatic nitrogens is 3. The SMILES string of the molecule is CCC(Nc1nncs1)c1nccs1. The number of nitrogens with zero attached hydrogens (tertiary/aromatic N) is 3. The Kier molecular flexibility index (Phi) is 3.05. The van der Waals surface area contributed by atoms with Crippen LogP contribution in [0.3, 0.4) is 0 Å². The molecule has 0 fully saturated rings. The fourth-order valence-electron chi connectivity index (χ4n) is 1.13. The summed E-state index contributed by atoms with van der Waals surface area (Å²) in [4.78, 5) is 4.28. The topological polar surface area (TPSA) is 50.7 Å². The molecule has 6 heteroatoms. The fraction of sp³-hybridized carbons (Fsp3) is 0.375. The second-order valence-electron chi connectivity index (χ2n) is 2.72. The quantitative estimate of drug-likeness (QED) is 0.870. The molecule has 2 aromatic heterocycles. The standard InChI is InChI=1S/C8H10N4S2/c1-2-6(7-9-3-4-13-7)11-8-12-10-5-14-8/h3-6H,2H2,1H3,(H,11,12). The first-order chi connectivity index (χ1) is 6.90. The number of anilines is 1. The van der Waals surface area contributed by atoms with Crippen molar-refractivity contribution < 1.29 is 0 Å². The summed E-state index contributed by atoms with van der Waals surface area (Å²) in [5, 5.41) is 15.0. The lowest BCUT2D eigenvalue weighted by molar-refractivity contribution is 0.738. The molecule has 1 unspecified atom stereocenters. The van der Waals surface area contributed by atoms with E-state index in [4.69, 9.17) is 0 Å². The molecule has 2 heterocycles. The maximum absolute atomic E-state index is 4.28. The summed E-state index contributed by atoms with van der Waals surface area (Å²) < 4.78 is 0. The molecule has 0 saturated carbocycles. The third-order valence-corrected chi connectivity index (χ3v) is 3.33. The van der Waals surface area contributed by atoms with Crippen LogP contribution in [-0.2, 0) is 0 Å². The van der Waals surface area contributed by atoms with E-state index in [-0.39, 0.29) is 6.04 Å². The normalized spacial score (nSPS) is 12.6. The Balaban J connectivity index is 2.08. The van der Waals surface area contributed by atoms with Crippen molar-refractivity contribution in [2.75, 3.05) is 5.32 Å². The zero-order valence-corrected chi connectivity index (χ0v) is 9.31. The molecule has 0 amide bonds. The third kappa shape index (κ3) is 2.08. The average molecular weight is 226 g/mol. The minimum absolute atomic E-state index is 0.253. The van der Waals surface area contributed by atoms with Gasteiger partial charge in [0.05, 0.1) is 6.04 Å². The molecule has 0 aromatic carbocycles. The zero-order valence-electron chi connectivity index (χ0n) is 7.67. The number of hydrogen-bond acceptors (Lipinski definition) is 6. The second-order valence-corrected chi connectivity index (χ2v) is 4.48. The molecule has 0 aliphatic carbocycles. The Bertz CT molecular complexity index is 357. The number of rotatable bonds is 4. The van der Waals surface area contributed by atoms with Gasteiger partial charge in [0.1, 0.15) is 10.5 Å². The largest absolute Gasteiger partial charge is 0.351 e. The van der Waals surface area contributed by atoms with Gasteiger partial charge in [-0.25, -0.2) is 4.98 Å². The van der Waals surface area contributed by atoms with E-state index in [2.05, 4.69) is 27.4 Å². The summed E-state index contributed by atoms with van der Waals surface area (Å²) in [6, 6.07) is 0.253. The van der Waals surface area contributed by atoms with Crippen LogP contribution in [0.2, 0.25) is 0 Å². The first-order valence-electron chi connectivity index (χ1n) is 4.32. The van der Waals surface area contributed by atoms with Gasteiger partial charge in [0.25, 0.3) is 0 Å². The van der Waals surface area contributed by atoms with Crippen LogP contribution in [0.1, 0.15) is 24.4 Å². The number of nitrogens with one attached hydrogen (secondary N) is 1. The molecule has 0 bridgehead atoms. The van der Waals surface area contributed by atoms with Crippen LogP contribution < -0.4 is 5.32 Å². The monoisotopic (exact) mass is 226 g/mol. The van der Waals surface area contributed by atoms with Gasteiger partial charge in [0, 0.05) is 11.6 Å². The average Bonchev–Trinajstić information content (AvgIpc) is 2.86. The highest BCUT2D eigenvalue weighted by atomic mass is 32.1. The van der Waals surface area contributed by atoms with Crippen molar-refractivity contribution in [3.05, 3.63) is 22.1 Å². The van der Waals surface area contributed by atoms with Crippen LogP contribution in [0.25, 0.3) is 0 Å². The van der Waals surface area contributed by atoms with Crippen molar-refractivity contribution in [1.82, 2.24) is 15.2 Å². The molecular weight excluding hydrogens is 216 g/mol. The molecule has 0 aliphatic heterocycles. The van der Waals surface area contributed by atoms with Crippen molar-refractivity contribution in [1.29, 1.82) is 0 Å². The summed E-state index contributed by atoms with van der Waals surface area (Å²) >= 11 is 3.17. The molecule has 1 atom stereocenters. The Morgan fingerprint density at radius 1 is 1.50 bits per heavy atom. The highest BCUT2D eigenvalue weighted by Crippen LogP contribution is 2.24. The van der Waals surface area contributed by atoms with Crippen LogP contribution >= 0.6 is 22.7 Å². The molecule has 2 rings (SSSR count). The van der Waals surface area contributed by atoms with Crippen LogP contribution in [0.15, 0.2) is 17.1 Å². The van der Waals surface area contributed by atoms with Gasteiger partial charge in [-0.15, -0.1) is 21.5 Å². The summed E-state index contributed by atoms with van der Waals surface area (Å²) in [5.74, 6) is 0. The molecule has 0 saturated heterocycles. The van der Waals surface area contributed by atoms with E-state index in [1.54, 1.807) is 16.8 Å². The van der Waals surface area contributed by atoms with Crippen molar-refractivity contribution in [2.24, 2.45) is 0 Å². The van der Waals surface area contributed by atoms with Crippen molar-refractivity contribution >= 4 is 27.8 Å². The Morgan fingerprint density at radius 3 is 3.00 bits per heavy atom. The van der Waals surface area contributed by atoms with Gasteiger partial charge < -0.3 is 5.32 Å². The smallest absolute Gasteiger partial charge is 0.205 e. The van der Waals surface area contributed by atoms with Gasteiger partial charge in [-0.05, 0) is 6.42 Å². The summed E-state index contributed by atoms with van der Waals surface area (Å²) in [6.07, 6.45) is 2.82. The van der Waals surface area contributed by atoms with E-state index in [0.29, 0.717) is 0 Å². The summed E-state index contributed by atoms with van der Waals surface area (Å²) in [7, 11) is 0. The predicted octanol–water partition coefficient (Wildman–Crippen LogP) is 2.56. The highest BCUT2D eigenvalue weighted by molar-refractivity contribution is 7.13. The van der Waals surface area contributed by atoms with Gasteiger partial charge in [-0.2, -0.15) is 0 Å². The van der Waals surface area contributed by atoms with E-state index < -0.39 is 0 Å². The molecule has 0 radical (unpaired) electrons. The first kappa shape index (κ1) is 9.54. The molecule has 2 aromatic rings. The van der Waals surface area contributed by atoms with E-state index >= 15 is 0 Å². The molecule has 0 spiro atoms. The summed E-state index contributed by atoms with van der Waals surface area (Å²) in [5.41, 5.74) is 1.72. The van der Waals surface area contributed by atoms with Gasteiger partial charge in [0.15, 0.2) is 0 Å². The zero-order chi connectivity index (χ0) is 9.80. The van der Waals surface area contributed by atoms with E-state index in [0.717, 1.165) is 16.6 Å². The molecule has 74 valence electrons. The third-order valence-electron chi connectivity index (χ3n) is 1.82. The van der Waals surface area contributed by atoms with E-state index in [1.807, 2.05) is 11.6 Å². The highest BCUT2D eigenvalue weighted by Gasteiger charge is 2.12. The van der Waals surface area contributed by atoms with Crippen LogP contribution in [0.4, 0.5) is 5.13 Å². The Labute approximate surface area is 90.0 Å². The lowest BCUT2D eigenvalue weighted by Crippen LogP contribution is -2.08. The van der Waals surface area contributed by atoms with Gasteiger partial charge in [0.2, 0.25) is 5.13 Å². The lowest BCUT2D eigenvalue weighted by Gasteiger charge is -2.12. The summed E-state index contributed by atoms with van der Waals surface area (Å²) in [6.45, 7) is 2.13. The van der Waals surface area contributed by atoms with E-state index in [1.165, 1.54) is 11.3 Å². The van der Waals surface area contributed by atoms with Gasteiger partial charge in [-0.1, -0.05) is 18.3 Å². The predicted molar refractivity (Wildman–Crippen MR) is 58.7 cm³/mol.